The average Bonchev–Trinajstić information content (AvgIpc) is 3.51. The number of carbonyl (C=O) groups excluding carboxylic acids is 3. The third-order valence-electron chi connectivity index (χ3n) is 10.0. The molecule has 2 aromatic carbocycles. The highest BCUT2D eigenvalue weighted by molar-refractivity contribution is 7.17. The molecule has 0 bridgehead atoms. The minimum Gasteiger partial charge on any atom is -0.381 e. The van der Waals surface area contributed by atoms with E-state index in [1.54, 1.807) is 67.7 Å². The lowest BCUT2D eigenvalue weighted by molar-refractivity contribution is -0.000510. The molecular weight excluding hydrogens is 687 g/mol. The molecule has 0 atom stereocenters. The van der Waals surface area contributed by atoms with Gasteiger partial charge in [-0.2, -0.15) is 0 Å². The van der Waals surface area contributed by atoms with Gasteiger partial charge in [0, 0.05) is 61.8 Å². The molecule has 8 rings (SSSR count). The summed E-state index contributed by atoms with van der Waals surface area (Å²) in [6.45, 7) is 5.10. The standard InChI is InChI=1S/C39H34F2N6O4S/c1-23-4-2-6-29(41)32(23)45-37(49)31-18-25-11-15-47(30-19-26(40)20-43-33(30)34(25)52-31)38(50)24-7-9-27(10-8-24)44-36(48)28-5-3-14-42-35(28)46-21-39(22-46)12-16-51-17-13-39/h2-10,14,18-20H,11-13,15-17,21-22H2,1H3,(H,44,48)(H,45,49). The van der Waals surface area contributed by atoms with E-state index in [2.05, 4.69) is 25.5 Å². The average molecular weight is 721 g/mol. The molecule has 10 nitrogen and oxygen atoms in total. The Kier molecular flexibility index (Phi) is 8.76. The van der Waals surface area contributed by atoms with Crippen LogP contribution in [0.5, 0.6) is 0 Å². The third-order valence-corrected chi connectivity index (χ3v) is 11.2. The molecule has 13 heteroatoms. The van der Waals surface area contributed by atoms with Gasteiger partial charge in [-0.1, -0.05) is 12.1 Å². The van der Waals surface area contributed by atoms with Gasteiger partial charge in [-0.3, -0.25) is 19.4 Å². The first-order valence-corrected chi connectivity index (χ1v) is 17.9. The molecule has 6 heterocycles. The first-order chi connectivity index (χ1) is 25.2. The summed E-state index contributed by atoms with van der Waals surface area (Å²) in [4.78, 5) is 54.1. The van der Waals surface area contributed by atoms with Crippen LogP contribution in [0.1, 0.15) is 54.4 Å². The van der Waals surface area contributed by atoms with Crippen molar-refractivity contribution in [2.45, 2.75) is 26.2 Å². The summed E-state index contributed by atoms with van der Waals surface area (Å²) in [7, 11) is 0. The number of halogens is 2. The summed E-state index contributed by atoms with van der Waals surface area (Å²) in [5.74, 6) is -1.65. The molecule has 0 aliphatic carbocycles. The van der Waals surface area contributed by atoms with Crippen molar-refractivity contribution in [2.75, 3.05) is 53.3 Å². The molecule has 52 heavy (non-hydrogen) atoms. The van der Waals surface area contributed by atoms with Crippen molar-refractivity contribution in [3.63, 3.8) is 0 Å². The zero-order valence-electron chi connectivity index (χ0n) is 28.2. The summed E-state index contributed by atoms with van der Waals surface area (Å²) in [6.07, 6.45) is 5.14. The molecule has 3 aromatic heterocycles. The van der Waals surface area contributed by atoms with E-state index in [0.717, 1.165) is 62.2 Å². The molecule has 1 spiro atoms. The number of fused-ring (bicyclic) bond motifs is 3. The lowest BCUT2D eigenvalue weighted by atomic mass is 9.73. The normalized spacial score (nSPS) is 16.0. The van der Waals surface area contributed by atoms with Gasteiger partial charge in [0.2, 0.25) is 0 Å². The topological polar surface area (TPSA) is 117 Å². The van der Waals surface area contributed by atoms with Crippen LogP contribution in [-0.4, -0.2) is 60.5 Å². The fourth-order valence-corrected chi connectivity index (χ4v) is 8.29. The van der Waals surface area contributed by atoms with E-state index >= 15 is 0 Å². The minimum atomic E-state index is -0.612. The SMILES string of the molecule is Cc1cccc(F)c1NC(=O)c1cc2c(s1)-c1ncc(F)cc1N(C(=O)c1ccc(NC(=O)c3cccnc3N3CC4(CCOCC4)C3)cc1)CC2. The van der Waals surface area contributed by atoms with Crippen molar-refractivity contribution in [3.05, 3.63) is 118 Å². The maximum Gasteiger partial charge on any atom is 0.265 e. The molecule has 3 amide bonds. The van der Waals surface area contributed by atoms with Crippen molar-refractivity contribution in [2.24, 2.45) is 5.41 Å². The Morgan fingerprint density at radius 2 is 1.71 bits per heavy atom. The number of hydrogen-bond acceptors (Lipinski definition) is 8. The molecule has 0 radical (unpaired) electrons. The smallest absolute Gasteiger partial charge is 0.265 e. The number of hydrogen-bond donors (Lipinski definition) is 2. The third kappa shape index (κ3) is 6.30. The van der Waals surface area contributed by atoms with E-state index in [4.69, 9.17) is 4.74 Å². The summed E-state index contributed by atoms with van der Waals surface area (Å²) in [5, 5.41) is 5.60. The van der Waals surface area contributed by atoms with Crippen LogP contribution in [0.25, 0.3) is 10.6 Å². The van der Waals surface area contributed by atoms with Gasteiger partial charge in [-0.15, -0.1) is 11.3 Å². The number of anilines is 4. The van der Waals surface area contributed by atoms with Crippen LogP contribution in [0.2, 0.25) is 0 Å². The van der Waals surface area contributed by atoms with Crippen LogP contribution >= 0.6 is 11.3 Å². The zero-order valence-corrected chi connectivity index (χ0v) is 29.1. The number of pyridine rings is 2. The minimum absolute atomic E-state index is 0.108. The maximum absolute atomic E-state index is 14.7. The lowest BCUT2D eigenvalue weighted by Crippen LogP contribution is -2.59. The van der Waals surface area contributed by atoms with Crippen LogP contribution in [0.15, 0.2) is 79.1 Å². The molecule has 5 aromatic rings. The summed E-state index contributed by atoms with van der Waals surface area (Å²) >= 11 is 1.15. The Hall–Kier alpha value is -5.53. The predicted octanol–water partition coefficient (Wildman–Crippen LogP) is 7.12. The Morgan fingerprint density at radius 3 is 2.48 bits per heavy atom. The molecule has 3 aliphatic heterocycles. The van der Waals surface area contributed by atoms with Crippen molar-refractivity contribution in [1.82, 2.24) is 9.97 Å². The predicted molar refractivity (Wildman–Crippen MR) is 195 cm³/mol. The highest BCUT2D eigenvalue weighted by atomic mass is 32.1. The summed E-state index contributed by atoms with van der Waals surface area (Å²) in [5.41, 5.74) is 3.64. The first kappa shape index (κ1) is 33.6. The summed E-state index contributed by atoms with van der Waals surface area (Å²) < 4.78 is 34.6. The monoisotopic (exact) mass is 720 g/mol. The van der Waals surface area contributed by atoms with Crippen LogP contribution in [0, 0.1) is 24.0 Å². The lowest BCUT2D eigenvalue weighted by Gasteiger charge is -2.53. The van der Waals surface area contributed by atoms with Crippen LogP contribution in [0.4, 0.5) is 31.7 Å². The van der Waals surface area contributed by atoms with Crippen LogP contribution in [0.3, 0.4) is 0 Å². The number of benzene rings is 2. The van der Waals surface area contributed by atoms with Crippen LogP contribution in [-0.2, 0) is 11.2 Å². The highest BCUT2D eigenvalue weighted by Crippen LogP contribution is 2.43. The molecular formula is C39H34F2N6O4S. The number of thiophene rings is 1. The molecule has 0 saturated carbocycles. The van der Waals surface area contributed by atoms with E-state index < -0.39 is 17.5 Å². The van der Waals surface area contributed by atoms with E-state index in [-0.39, 0.29) is 35.1 Å². The molecule has 2 saturated heterocycles. The second-order valence-electron chi connectivity index (χ2n) is 13.5. The van der Waals surface area contributed by atoms with Crippen LogP contribution < -0.4 is 20.4 Å². The van der Waals surface area contributed by atoms with E-state index in [0.29, 0.717) is 50.1 Å². The van der Waals surface area contributed by atoms with Gasteiger partial charge in [0.05, 0.1) is 32.9 Å². The Balaban J connectivity index is 0.984. The zero-order chi connectivity index (χ0) is 36.0. The van der Waals surface area contributed by atoms with Gasteiger partial charge < -0.3 is 25.2 Å². The number of carbonyl (C=O) groups is 3. The Labute approximate surface area is 302 Å². The number of nitrogens with one attached hydrogen (secondary N) is 2. The van der Waals surface area contributed by atoms with E-state index in [1.165, 1.54) is 17.0 Å². The van der Waals surface area contributed by atoms with Gasteiger partial charge in [0.15, 0.2) is 0 Å². The second kappa shape index (κ2) is 13.5. The van der Waals surface area contributed by atoms with Gasteiger partial charge >= 0.3 is 0 Å². The van der Waals surface area contributed by atoms with Crippen molar-refractivity contribution >= 4 is 51.9 Å². The Bertz CT molecular complexity index is 2190. The maximum atomic E-state index is 14.7. The number of amides is 3. The van der Waals surface area contributed by atoms with Crippen molar-refractivity contribution in [3.8, 4) is 10.6 Å². The van der Waals surface area contributed by atoms with E-state index in [1.807, 2.05) is 0 Å². The van der Waals surface area contributed by atoms with Gasteiger partial charge in [-0.05, 0) is 85.8 Å². The molecule has 2 fully saturated rings. The van der Waals surface area contributed by atoms with Crippen molar-refractivity contribution < 1.29 is 27.9 Å². The van der Waals surface area contributed by atoms with Gasteiger partial charge in [0.25, 0.3) is 17.7 Å². The molecule has 3 aliphatic rings. The fraction of sp³-hybridized carbons (Fsp3) is 0.256. The first-order valence-electron chi connectivity index (χ1n) is 17.0. The number of ether oxygens (including phenoxy) is 1. The molecule has 0 unspecified atom stereocenters. The molecule has 2 N–H and O–H groups in total. The fourth-order valence-electron chi connectivity index (χ4n) is 7.18. The number of para-hydroxylation sites is 1. The van der Waals surface area contributed by atoms with E-state index in [9.17, 15) is 23.2 Å². The number of nitrogens with zero attached hydrogens (tertiary/aromatic N) is 4. The quantitative estimate of drug-likeness (QED) is 0.192. The number of rotatable bonds is 6. The van der Waals surface area contributed by atoms with Gasteiger partial charge in [-0.25, -0.2) is 13.8 Å². The van der Waals surface area contributed by atoms with Gasteiger partial charge in [0.1, 0.15) is 23.1 Å². The second-order valence-corrected chi connectivity index (χ2v) is 14.5. The molecule has 264 valence electrons. The van der Waals surface area contributed by atoms with Crippen molar-refractivity contribution in [1.29, 1.82) is 0 Å². The number of aryl methyl sites for hydroxylation is 1. The number of aromatic nitrogens is 2. The largest absolute Gasteiger partial charge is 0.381 e. The highest BCUT2D eigenvalue weighted by Gasteiger charge is 2.45. The Morgan fingerprint density at radius 1 is 0.923 bits per heavy atom. The summed E-state index contributed by atoms with van der Waals surface area (Å²) in [6, 6.07) is 17.6.